The SMILES string of the molecule is C=C(C)c1ccc2c(c1)CCCC2.C=Cc1cc(C)c(C)c(C)c1.CC. The van der Waals surface area contributed by atoms with E-state index in [1.54, 1.807) is 11.1 Å². The molecular weight excluding hydrogens is 312 g/mol. The fourth-order valence-electron chi connectivity index (χ4n) is 3.19. The van der Waals surface area contributed by atoms with Crippen molar-refractivity contribution < 1.29 is 0 Å². The zero-order valence-electron chi connectivity index (χ0n) is 17.7. The van der Waals surface area contributed by atoms with Gasteiger partial charge in [-0.3, -0.25) is 0 Å². The normalized spacial score (nSPS) is 11.9. The van der Waals surface area contributed by atoms with Crippen LogP contribution in [-0.2, 0) is 12.8 Å². The Hall–Kier alpha value is -2.08. The summed E-state index contributed by atoms with van der Waals surface area (Å²) >= 11 is 0. The molecule has 0 heteroatoms. The summed E-state index contributed by atoms with van der Waals surface area (Å²) in [5.74, 6) is 0. The van der Waals surface area contributed by atoms with Crippen LogP contribution in [0.15, 0.2) is 43.5 Å². The first-order valence-corrected chi connectivity index (χ1v) is 9.90. The third-order valence-electron chi connectivity index (χ3n) is 5.03. The quantitative estimate of drug-likeness (QED) is 0.517. The lowest BCUT2D eigenvalue weighted by Gasteiger charge is -2.16. The van der Waals surface area contributed by atoms with Crippen molar-refractivity contribution in [3.05, 3.63) is 82.4 Å². The lowest BCUT2D eigenvalue weighted by atomic mass is 9.89. The van der Waals surface area contributed by atoms with Crippen LogP contribution in [0.4, 0.5) is 0 Å². The van der Waals surface area contributed by atoms with Crippen LogP contribution in [0.1, 0.15) is 72.6 Å². The summed E-state index contributed by atoms with van der Waals surface area (Å²) in [6.07, 6.45) is 7.13. The molecule has 0 heterocycles. The zero-order valence-corrected chi connectivity index (χ0v) is 17.7. The Labute approximate surface area is 161 Å². The number of rotatable bonds is 2. The summed E-state index contributed by atoms with van der Waals surface area (Å²) in [6, 6.07) is 11.1. The fourth-order valence-corrected chi connectivity index (χ4v) is 3.19. The van der Waals surface area contributed by atoms with E-state index in [1.807, 2.05) is 19.9 Å². The summed E-state index contributed by atoms with van der Waals surface area (Å²) < 4.78 is 0. The minimum atomic E-state index is 1.17. The van der Waals surface area contributed by atoms with Gasteiger partial charge in [-0.2, -0.15) is 0 Å². The molecule has 0 amide bonds. The van der Waals surface area contributed by atoms with Crippen molar-refractivity contribution in [1.29, 1.82) is 0 Å². The van der Waals surface area contributed by atoms with Gasteiger partial charge in [-0.15, -0.1) is 0 Å². The zero-order chi connectivity index (χ0) is 19.7. The van der Waals surface area contributed by atoms with E-state index in [1.165, 1.54) is 59.1 Å². The van der Waals surface area contributed by atoms with Crippen LogP contribution in [0.3, 0.4) is 0 Å². The van der Waals surface area contributed by atoms with E-state index < -0.39 is 0 Å². The van der Waals surface area contributed by atoms with Crippen LogP contribution in [0, 0.1) is 20.8 Å². The molecule has 0 saturated heterocycles. The molecule has 0 atom stereocenters. The molecule has 3 rings (SSSR count). The maximum absolute atomic E-state index is 3.97. The van der Waals surface area contributed by atoms with Crippen LogP contribution in [0.25, 0.3) is 11.6 Å². The molecule has 0 radical (unpaired) electrons. The number of hydrogen-bond donors (Lipinski definition) is 0. The Morgan fingerprint density at radius 1 is 0.885 bits per heavy atom. The Kier molecular flexibility index (Phi) is 9.13. The smallest absolute Gasteiger partial charge is 0.0230 e. The van der Waals surface area contributed by atoms with Crippen molar-refractivity contribution in [3.8, 4) is 0 Å². The number of hydrogen-bond acceptors (Lipinski definition) is 0. The van der Waals surface area contributed by atoms with Gasteiger partial charge in [0.05, 0.1) is 0 Å². The van der Waals surface area contributed by atoms with Crippen LogP contribution in [0.2, 0.25) is 0 Å². The highest BCUT2D eigenvalue weighted by molar-refractivity contribution is 5.62. The van der Waals surface area contributed by atoms with Crippen molar-refractivity contribution in [3.63, 3.8) is 0 Å². The molecule has 26 heavy (non-hydrogen) atoms. The number of benzene rings is 2. The maximum Gasteiger partial charge on any atom is -0.0230 e. The molecule has 0 saturated carbocycles. The highest BCUT2D eigenvalue weighted by Gasteiger charge is 2.09. The van der Waals surface area contributed by atoms with Gasteiger partial charge < -0.3 is 0 Å². The van der Waals surface area contributed by atoms with Gasteiger partial charge >= 0.3 is 0 Å². The van der Waals surface area contributed by atoms with Crippen molar-refractivity contribution in [1.82, 2.24) is 0 Å². The third kappa shape index (κ3) is 6.02. The molecule has 0 spiro atoms. The minimum absolute atomic E-state index is 1.17. The molecule has 1 aliphatic carbocycles. The maximum atomic E-state index is 3.97. The van der Waals surface area contributed by atoms with Crippen molar-refractivity contribution in [2.75, 3.05) is 0 Å². The molecule has 2 aromatic carbocycles. The molecule has 140 valence electrons. The minimum Gasteiger partial charge on any atom is -0.0985 e. The Morgan fingerprint density at radius 2 is 1.42 bits per heavy atom. The first-order valence-electron chi connectivity index (χ1n) is 9.90. The van der Waals surface area contributed by atoms with E-state index in [-0.39, 0.29) is 0 Å². The summed E-state index contributed by atoms with van der Waals surface area (Å²) in [5, 5.41) is 0. The van der Waals surface area contributed by atoms with Gasteiger partial charge in [-0.1, -0.05) is 69.0 Å². The Balaban J connectivity index is 0.000000241. The average molecular weight is 349 g/mol. The Bertz CT molecular complexity index is 724. The van der Waals surface area contributed by atoms with Crippen LogP contribution in [-0.4, -0.2) is 0 Å². The van der Waals surface area contributed by atoms with Gasteiger partial charge in [0.15, 0.2) is 0 Å². The van der Waals surface area contributed by atoms with Gasteiger partial charge in [0.25, 0.3) is 0 Å². The van der Waals surface area contributed by atoms with Crippen LogP contribution < -0.4 is 0 Å². The predicted molar refractivity (Wildman–Crippen MR) is 120 cm³/mol. The average Bonchev–Trinajstić information content (AvgIpc) is 2.67. The summed E-state index contributed by atoms with van der Waals surface area (Å²) in [6.45, 7) is 20.2. The molecule has 0 N–H and O–H groups in total. The molecule has 0 aliphatic heterocycles. The molecule has 2 aromatic rings. The first kappa shape index (κ1) is 22.0. The fraction of sp³-hybridized carbons (Fsp3) is 0.385. The summed E-state index contributed by atoms with van der Waals surface area (Å²) in [4.78, 5) is 0. The molecule has 0 unspecified atom stereocenters. The van der Waals surface area contributed by atoms with Gasteiger partial charge in [0.1, 0.15) is 0 Å². The largest absolute Gasteiger partial charge is 0.0985 e. The molecular formula is C26H36. The van der Waals surface area contributed by atoms with E-state index in [4.69, 9.17) is 0 Å². The highest BCUT2D eigenvalue weighted by atomic mass is 14.1. The first-order chi connectivity index (χ1) is 12.4. The van der Waals surface area contributed by atoms with Crippen LogP contribution >= 0.6 is 0 Å². The van der Waals surface area contributed by atoms with E-state index in [0.717, 1.165) is 0 Å². The van der Waals surface area contributed by atoms with E-state index in [0.29, 0.717) is 0 Å². The van der Waals surface area contributed by atoms with E-state index in [9.17, 15) is 0 Å². The summed E-state index contributed by atoms with van der Waals surface area (Å²) in [5.41, 5.74) is 10.9. The highest BCUT2D eigenvalue weighted by Crippen LogP contribution is 2.24. The van der Waals surface area contributed by atoms with Crippen LogP contribution in [0.5, 0.6) is 0 Å². The van der Waals surface area contributed by atoms with Crippen molar-refractivity contribution in [2.24, 2.45) is 0 Å². The number of aryl methyl sites for hydroxylation is 4. The molecule has 0 bridgehead atoms. The summed E-state index contributed by atoms with van der Waals surface area (Å²) in [7, 11) is 0. The lowest BCUT2D eigenvalue weighted by molar-refractivity contribution is 0.685. The van der Waals surface area contributed by atoms with E-state index in [2.05, 4.69) is 71.2 Å². The second kappa shape index (κ2) is 10.8. The van der Waals surface area contributed by atoms with Crippen molar-refractivity contribution >= 4 is 11.6 Å². The standard InChI is InChI=1S/C13H16.C11H14.C2H6/c1-10(2)12-8-7-11-5-3-4-6-13(11)9-12;1-5-11-6-8(2)10(4)9(3)7-11;1-2/h7-9H,1,3-6H2,2H3;5-7H,1H2,2-4H3;1-2H3. The second-order valence-electron chi connectivity index (χ2n) is 6.95. The molecule has 1 aliphatic rings. The lowest BCUT2D eigenvalue weighted by Crippen LogP contribution is -2.02. The number of fused-ring (bicyclic) bond motifs is 1. The van der Waals surface area contributed by atoms with Gasteiger partial charge in [0.2, 0.25) is 0 Å². The topological polar surface area (TPSA) is 0 Å². The molecule has 0 nitrogen and oxygen atoms in total. The molecule has 0 aromatic heterocycles. The van der Waals surface area contributed by atoms with Gasteiger partial charge in [0, 0.05) is 0 Å². The number of allylic oxidation sites excluding steroid dienone is 1. The third-order valence-corrected chi connectivity index (χ3v) is 5.03. The molecule has 0 fully saturated rings. The van der Waals surface area contributed by atoms with E-state index >= 15 is 0 Å². The van der Waals surface area contributed by atoms with Gasteiger partial charge in [-0.05, 0) is 92.3 Å². The predicted octanol–water partition coefficient (Wildman–Crippen LogP) is 7.88. The van der Waals surface area contributed by atoms with Crippen molar-refractivity contribution in [2.45, 2.75) is 67.2 Å². The Morgan fingerprint density at radius 3 is 1.92 bits per heavy atom. The van der Waals surface area contributed by atoms with Gasteiger partial charge in [-0.25, -0.2) is 0 Å². The monoisotopic (exact) mass is 348 g/mol. The second-order valence-corrected chi connectivity index (χ2v) is 6.95.